The van der Waals surface area contributed by atoms with Crippen LogP contribution in [0.25, 0.3) is 5.65 Å². The summed E-state index contributed by atoms with van der Waals surface area (Å²) in [5.41, 5.74) is -0.156. The van der Waals surface area contributed by atoms with E-state index in [9.17, 15) is 19.2 Å². The minimum absolute atomic E-state index is 0.0190. The lowest BCUT2D eigenvalue weighted by molar-refractivity contribution is -0.167. The molecule has 4 atom stereocenters. The number of methoxy groups -OCH3 is 1. The molecule has 13 nitrogen and oxygen atoms in total. The summed E-state index contributed by atoms with van der Waals surface area (Å²) in [5.74, 6) is -0.954. The number of carbonyl (C=O) groups excluding carboxylic acids is 4. The van der Waals surface area contributed by atoms with Gasteiger partial charge in [0.05, 0.1) is 30.7 Å². The quantitative estimate of drug-likeness (QED) is 0.278. The molecule has 3 aromatic heterocycles. The molecule has 1 aliphatic heterocycles. The molecule has 0 radical (unpaired) electrons. The van der Waals surface area contributed by atoms with Crippen molar-refractivity contribution in [2.24, 2.45) is 29.1 Å². The van der Waals surface area contributed by atoms with Gasteiger partial charge in [-0.25, -0.2) is 19.2 Å². The number of likely N-dealkylation sites (tertiary alicyclic amines) is 1. The maximum Gasteiger partial charge on any atom is 0.417 e. The summed E-state index contributed by atoms with van der Waals surface area (Å²) >= 11 is 0. The highest BCUT2D eigenvalue weighted by Gasteiger charge is 2.68. The second-order valence-corrected chi connectivity index (χ2v) is 14.4. The Hall–Kier alpha value is -4.29. The largest absolute Gasteiger partial charge is 0.468 e. The van der Waals surface area contributed by atoms with E-state index in [1.165, 1.54) is 7.11 Å². The molecule has 3 unspecified atom stereocenters. The molecule has 47 heavy (non-hydrogen) atoms. The van der Waals surface area contributed by atoms with E-state index in [0.717, 1.165) is 30.6 Å². The van der Waals surface area contributed by atoms with Crippen LogP contribution < -0.4 is 5.32 Å². The lowest BCUT2D eigenvalue weighted by Gasteiger charge is -2.38. The normalized spacial score (nSPS) is 26.4. The van der Waals surface area contributed by atoms with Crippen LogP contribution in [0.1, 0.15) is 94.6 Å². The molecule has 252 valence electrons. The molecule has 0 aromatic carbocycles. The standard InChI is InChI=1S/C34H45N7O6/c1-7-40-26(14-15-35-40)29(42)37-28(21-10-8-20(2)9-11-21)25-19-41-27(36-25)13-12-23(38-41)17-34(31(44)46-6)24-16-22(24)18-39(30(34)43)32(45)47-33(3,4)5/h12-15,19-22,24,28H,7-11,16-18H2,1-6H3,(H,37,42)/t20-,21-,22?,24?,28-,34?/m0/s1. The third-order valence-corrected chi connectivity index (χ3v) is 10.0. The number of ether oxygens (including phenoxy) is 2. The Balaban J connectivity index is 1.31. The molecular weight excluding hydrogens is 602 g/mol. The van der Waals surface area contributed by atoms with E-state index in [2.05, 4.69) is 17.3 Å². The highest BCUT2D eigenvalue weighted by atomic mass is 16.6. The fourth-order valence-corrected chi connectivity index (χ4v) is 7.46. The van der Waals surface area contributed by atoms with E-state index < -0.39 is 29.0 Å². The third-order valence-electron chi connectivity index (χ3n) is 10.0. The lowest BCUT2D eigenvalue weighted by atomic mass is 9.74. The van der Waals surface area contributed by atoms with Crippen LogP contribution in [0.3, 0.4) is 0 Å². The molecule has 1 saturated heterocycles. The summed E-state index contributed by atoms with van der Waals surface area (Å²) in [6, 6.07) is 4.93. The van der Waals surface area contributed by atoms with Gasteiger partial charge in [0, 0.05) is 25.7 Å². The Labute approximate surface area is 274 Å². The number of piperidine rings is 1. The number of hydrogen-bond acceptors (Lipinski definition) is 9. The van der Waals surface area contributed by atoms with Crippen molar-refractivity contribution in [1.29, 1.82) is 0 Å². The van der Waals surface area contributed by atoms with Gasteiger partial charge in [-0.3, -0.25) is 19.1 Å². The van der Waals surface area contributed by atoms with Gasteiger partial charge in [-0.2, -0.15) is 10.2 Å². The van der Waals surface area contributed by atoms with E-state index in [-0.39, 0.29) is 42.7 Å². The second kappa shape index (κ2) is 12.4. The van der Waals surface area contributed by atoms with Crippen LogP contribution in [0.4, 0.5) is 4.79 Å². The number of rotatable bonds is 8. The number of carbonyl (C=O) groups is 4. The second-order valence-electron chi connectivity index (χ2n) is 14.4. The number of imide groups is 1. The third kappa shape index (κ3) is 6.23. The van der Waals surface area contributed by atoms with Crippen molar-refractivity contribution < 1.29 is 28.7 Å². The van der Waals surface area contributed by atoms with Crippen molar-refractivity contribution >= 4 is 29.5 Å². The Kier molecular flexibility index (Phi) is 8.60. The molecule has 13 heteroatoms. The van der Waals surface area contributed by atoms with E-state index in [1.807, 2.05) is 13.1 Å². The molecular formula is C34H45N7O6. The minimum Gasteiger partial charge on any atom is -0.468 e. The van der Waals surface area contributed by atoms with Crippen LogP contribution in [0, 0.1) is 29.1 Å². The van der Waals surface area contributed by atoms with Crippen molar-refractivity contribution in [2.45, 2.75) is 91.3 Å². The summed E-state index contributed by atoms with van der Waals surface area (Å²) in [7, 11) is 1.26. The highest BCUT2D eigenvalue weighted by Crippen LogP contribution is 2.57. The molecule has 6 rings (SSSR count). The number of nitrogens with zero attached hydrogens (tertiary/aromatic N) is 6. The van der Waals surface area contributed by atoms with E-state index in [0.29, 0.717) is 41.6 Å². The lowest BCUT2D eigenvalue weighted by Crippen LogP contribution is -2.58. The number of aromatic nitrogens is 5. The van der Waals surface area contributed by atoms with Gasteiger partial charge in [0.1, 0.15) is 11.3 Å². The zero-order valence-electron chi connectivity index (χ0n) is 28.1. The van der Waals surface area contributed by atoms with Crippen LogP contribution in [0.5, 0.6) is 0 Å². The van der Waals surface area contributed by atoms with Crippen molar-refractivity contribution in [1.82, 2.24) is 34.6 Å². The fourth-order valence-electron chi connectivity index (χ4n) is 7.46. The number of amides is 3. The highest BCUT2D eigenvalue weighted by molar-refractivity contribution is 6.09. The average Bonchev–Trinajstić information content (AvgIpc) is 3.45. The first kappa shape index (κ1) is 32.6. The van der Waals surface area contributed by atoms with Crippen LogP contribution in [-0.2, 0) is 32.0 Å². The number of aryl methyl sites for hydroxylation is 1. The van der Waals surface area contributed by atoms with Crippen LogP contribution >= 0.6 is 0 Å². The zero-order chi connectivity index (χ0) is 33.7. The number of esters is 1. The molecule has 0 bridgehead atoms. The molecule has 4 heterocycles. The summed E-state index contributed by atoms with van der Waals surface area (Å²) in [5, 5.41) is 12.3. The topological polar surface area (TPSA) is 150 Å². The SMILES string of the molecule is CCn1nccc1C(=O)N[C@H](c1cn2nc(CC3(C(=O)OC)C(=O)N(C(=O)OC(C)(C)C)CC4CC43)ccc2n1)[C@H]1CC[C@H](C)CC1. The van der Waals surface area contributed by atoms with Crippen molar-refractivity contribution in [2.75, 3.05) is 13.7 Å². The average molecular weight is 648 g/mol. The van der Waals surface area contributed by atoms with Crippen LogP contribution in [0.15, 0.2) is 30.6 Å². The van der Waals surface area contributed by atoms with Crippen molar-refractivity contribution in [3.05, 3.63) is 47.7 Å². The number of imidazole rings is 1. The Bertz CT molecular complexity index is 1680. The maximum absolute atomic E-state index is 14.0. The van der Waals surface area contributed by atoms with E-state index in [1.54, 1.807) is 54.4 Å². The van der Waals surface area contributed by atoms with Gasteiger partial charge in [0.15, 0.2) is 11.1 Å². The van der Waals surface area contributed by atoms with Crippen LogP contribution in [0.2, 0.25) is 0 Å². The summed E-state index contributed by atoms with van der Waals surface area (Å²) in [4.78, 5) is 60.0. The van der Waals surface area contributed by atoms with Gasteiger partial charge < -0.3 is 14.8 Å². The first-order chi connectivity index (χ1) is 22.3. The predicted octanol–water partition coefficient (Wildman–Crippen LogP) is 4.36. The fraction of sp³-hybridized carbons (Fsp3) is 0.618. The summed E-state index contributed by atoms with van der Waals surface area (Å²) in [6.45, 7) is 10.2. The zero-order valence-corrected chi connectivity index (χ0v) is 28.1. The first-order valence-electron chi connectivity index (χ1n) is 16.7. The van der Waals surface area contributed by atoms with Gasteiger partial charge in [-0.15, -0.1) is 0 Å². The summed E-state index contributed by atoms with van der Waals surface area (Å²) in [6.07, 6.45) is 7.34. The Morgan fingerprint density at radius 3 is 2.55 bits per heavy atom. The van der Waals surface area contributed by atoms with Crippen molar-refractivity contribution in [3.8, 4) is 0 Å². The van der Waals surface area contributed by atoms with Gasteiger partial charge in [0.2, 0.25) is 5.91 Å². The van der Waals surface area contributed by atoms with Gasteiger partial charge in [-0.1, -0.05) is 19.8 Å². The molecule has 3 aliphatic rings. The van der Waals surface area contributed by atoms with Crippen molar-refractivity contribution in [3.63, 3.8) is 0 Å². The van der Waals surface area contributed by atoms with E-state index in [4.69, 9.17) is 19.6 Å². The summed E-state index contributed by atoms with van der Waals surface area (Å²) < 4.78 is 14.0. The van der Waals surface area contributed by atoms with Gasteiger partial charge >= 0.3 is 12.1 Å². The van der Waals surface area contributed by atoms with E-state index >= 15 is 0 Å². The van der Waals surface area contributed by atoms with Gasteiger partial charge in [-0.05, 0) is 88.8 Å². The number of hydrogen-bond donors (Lipinski definition) is 1. The number of fused-ring (bicyclic) bond motifs is 2. The molecule has 2 aliphatic carbocycles. The first-order valence-corrected chi connectivity index (χ1v) is 16.7. The molecule has 1 N–H and O–H groups in total. The molecule has 3 fully saturated rings. The smallest absolute Gasteiger partial charge is 0.417 e. The maximum atomic E-state index is 14.0. The predicted molar refractivity (Wildman–Crippen MR) is 170 cm³/mol. The van der Waals surface area contributed by atoms with Gasteiger partial charge in [0.25, 0.3) is 5.91 Å². The molecule has 0 spiro atoms. The Morgan fingerprint density at radius 2 is 1.87 bits per heavy atom. The van der Waals surface area contributed by atoms with Crippen LogP contribution in [-0.4, -0.2) is 72.4 Å². The minimum atomic E-state index is -1.60. The molecule has 3 amide bonds. The molecule has 2 saturated carbocycles. The Morgan fingerprint density at radius 1 is 1.13 bits per heavy atom. The monoisotopic (exact) mass is 647 g/mol. The molecule has 3 aromatic rings. The number of nitrogens with one attached hydrogen (secondary N) is 1.